The molecule has 0 saturated heterocycles. The third-order valence-electron chi connectivity index (χ3n) is 3.56. The number of hydrogen-bond donors (Lipinski definition) is 2. The predicted molar refractivity (Wildman–Crippen MR) is 58.7 cm³/mol. The Labute approximate surface area is 91.5 Å². The summed E-state index contributed by atoms with van der Waals surface area (Å²) in [5.74, 6) is -1.06. The average Bonchev–Trinajstić information content (AvgIpc) is 2.27. The Kier molecular flexibility index (Phi) is 4.58. The van der Waals surface area contributed by atoms with Crippen molar-refractivity contribution < 1.29 is 15.0 Å². The first kappa shape index (κ1) is 12.5. The van der Waals surface area contributed by atoms with Gasteiger partial charge in [-0.15, -0.1) is 0 Å². The summed E-state index contributed by atoms with van der Waals surface area (Å²) in [6.07, 6.45) is 7.17. The molecule has 1 saturated carbocycles. The Morgan fingerprint density at radius 3 is 2.40 bits per heavy atom. The molecule has 0 aromatic heterocycles. The molecule has 3 heteroatoms. The van der Waals surface area contributed by atoms with E-state index in [0.717, 1.165) is 38.5 Å². The molecule has 1 aliphatic carbocycles. The predicted octanol–water partition coefficient (Wildman–Crippen LogP) is 2.57. The minimum Gasteiger partial charge on any atom is -0.479 e. The van der Waals surface area contributed by atoms with Crippen LogP contribution in [0.5, 0.6) is 0 Å². The monoisotopic (exact) mass is 214 g/mol. The fraction of sp³-hybridized carbons (Fsp3) is 0.917. The van der Waals surface area contributed by atoms with E-state index in [1.54, 1.807) is 0 Å². The lowest BCUT2D eigenvalue weighted by atomic mass is 9.74. The minimum atomic E-state index is -1.46. The van der Waals surface area contributed by atoms with Crippen LogP contribution in [0.25, 0.3) is 0 Å². The lowest BCUT2D eigenvalue weighted by Crippen LogP contribution is -2.46. The average molecular weight is 214 g/mol. The van der Waals surface area contributed by atoms with Crippen molar-refractivity contribution >= 4 is 5.97 Å². The molecule has 0 heterocycles. The molecule has 2 N–H and O–H groups in total. The minimum absolute atomic E-state index is 0.0321. The molecule has 1 unspecified atom stereocenters. The van der Waals surface area contributed by atoms with E-state index in [9.17, 15) is 9.90 Å². The van der Waals surface area contributed by atoms with E-state index in [1.807, 2.05) is 6.92 Å². The molecule has 0 aromatic carbocycles. The van der Waals surface area contributed by atoms with Crippen molar-refractivity contribution in [1.29, 1.82) is 0 Å². The Morgan fingerprint density at radius 1 is 1.33 bits per heavy atom. The van der Waals surface area contributed by atoms with Crippen LogP contribution in [-0.2, 0) is 4.79 Å². The summed E-state index contributed by atoms with van der Waals surface area (Å²) in [5.41, 5.74) is -1.46. The van der Waals surface area contributed by atoms with E-state index < -0.39 is 11.6 Å². The van der Waals surface area contributed by atoms with Gasteiger partial charge in [0, 0.05) is 0 Å². The van der Waals surface area contributed by atoms with Crippen molar-refractivity contribution in [2.75, 3.05) is 0 Å². The van der Waals surface area contributed by atoms with E-state index in [1.165, 1.54) is 6.42 Å². The molecular formula is C12H22O3. The first-order valence-electron chi connectivity index (χ1n) is 6.07. The maximum absolute atomic E-state index is 11.2. The van der Waals surface area contributed by atoms with Crippen molar-refractivity contribution in [2.45, 2.75) is 63.9 Å². The highest BCUT2D eigenvalue weighted by Crippen LogP contribution is 2.35. The Morgan fingerprint density at radius 2 is 1.93 bits per heavy atom. The summed E-state index contributed by atoms with van der Waals surface area (Å²) >= 11 is 0. The lowest BCUT2D eigenvalue weighted by molar-refractivity contribution is -0.167. The fourth-order valence-electron chi connectivity index (χ4n) is 2.51. The number of aliphatic carboxylic acids is 1. The third kappa shape index (κ3) is 2.94. The van der Waals surface area contributed by atoms with Gasteiger partial charge in [-0.05, 0) is 25.2 Å². The summed E-state index contributed by atoms with van der Waals surface area (Å²) in [7, 11) is 0. The fourth-order valence-corrected chi connectivity index (χ4v) is 2.51. The van der Waals surface area contributed by atoms with Crippen molar-refractivity contribution in [3.63, 3.8) is 0 Å². The zero-order valence-corrected chi connectivity index (χ0v) is 9.54. The second kappa shape index (κ2) is 5.50. The van der Waals surface area contributed by atoms with E-state index in [2.05, 4.69) is 0 Å². The van der Waals surface area contributed by atoms with Crippen LogP contribution in [0.3, 0.4) is 0 Å². The zero-order chi connectivity index (χ0) is 11.3. The molecule has 0 spiro atoms. The van der Waals surface area contributed by atoms with E-state index in [4.69, 9.17) is 5.11 Å². The molecule has 1 fully saturated rings. The van der Waals surface area contributed by atoms with Crippen LogP contribution >= 0.6 is 0 Å². The molecule has 88 valence electrons. The van der Waals surface area contributed by atoms with Gasteiger partial charge in [-0.25, -0.2) is 4.79 Å². The second-order valence-corrected chi connectivity index (χ2v) is 4.67. The number of aliphatic hydroxyl groups is 1. The SMILES string of the molecule is CCCCC(O)(C(=O)O)C1CCCCC1. The Bertz CT molecular complexity index is 209. The van der Waals surface area contributed by atoms with Crippen LogP contribution in [0.1, 0.15) is 58.3 Å². The highest BCUT2D eigenvalue weighted by atomic mass is 16.4. The molecule has 0 radical (unpaired) electrons. The number of rotatable bonds is 5. The molecule has 0 amide bonds. The highest BCUT2D eigenvalue weighted by molar-refractivity contribution is 5.77. The molecule has 0 aromatic rings. The van der Waals surface area contributed by atoms with Gasteiger partial charge in [0.1, 0.15) is 0 Å². The molecular weight excluding hydrogens is 192 g/mol. The summed E-state index contributed by atoms with van der Waals surface area (Å²) in [6.45, 7) is 2.02. The van der Waals surface area contributed by atoms with Crippen LogP contribution in [0.4, 0.5) is 0 Å². The number of carboxylic acids is 1. The zero-order valence-electron chi connectivity index (χ0n) is 9.54. The quantitative estimate of drug-likeness (QED) is 0.739. The molecule has 15 heavy (non-hydrogen) atoms. The lowest BCUT2D eigenvalue weighted by Gasteiger charge is -2.35. The van der Waals surface area contributed by atoms with Gasteiger partial charge >= 0.3 is 5.97 Å². The highest BCUT2D eigenvalue weighted by Gasteiger charge is 2.43. The van der Waals surface area contributed by atoms with Crippen LogP contribution < -0.4 is 0 Å². The van der Waals surface area contributed by atoms with Gasteiger partial charge in [0.2, 0.25) is 0 Å². The van der Waals surface area contributed by atoms with Gasteiger partial charge in [0.15, 0.2) is 5.60 Å². The van der Waals surface area contributed by atoms with Crippen LogP contribution in [0.2, 0.25) is 0 Å². The number of hydrogen-bond acceptors (Lipinski definition) is 2. The normalized spacial score (nSPS) is 22.3. The van der Waals surface area contributed by atoms with Crippen molar-refractivity contribution in [2.24, 2.45) is 5.92 Å². The summed E-state index contributed by atoms with van der Waals surface area (Å²) in [5, 5.41) is 19.4. The summed E-state index contributed by atoms with van der Waals surface area (Å²) in [6, 6.07) is 0. The van der Waals surface area contributed by atoms with E-state index in [-0.39, 0.29) is 5.92 Å². The van der Waals surface area contributed by atoms with Crippen molar-refractivity contribution in [3.05, 3.63) is 0 Å². The Balaban J connectivity index is 2.65. The molecule has 0 bridgehead atoms. The smallest absolute Gasteiger partial charge is 0.335 e. The van der Waals surface area contributed by atoms with Gasteiger partial charge < -0.3 is 10.2 Å². The van der Waals surface area contributed by atoms with Gasteiger partial charge in [0.05, 0.1) is 0 Å². The largest absolute Gasteiger partial charge is 0.479 e. The second-order valence-electron chi connectivity index (χ2n) is 4.67. The summed E-state index contributed by atoms with van der Waals surface area (Å²) < 4.78 is 0. The van der Waals surface area contributed by atoms with Gasteiger partial charge in [-0.3, -0.25) is 0 Å². The first-order chi connectivity index (χ1) is 7.11. The van der Waals surface area contributed by atoms with E-state index >= 15 is 0 Å². The first-order valence-corrected chi connectivity index (χ1v) is 6.07. The molecule has 1 aliphatic rings. The number of carboxylic acid groups (broad SMARTS) is 1. The van der Waals surface area contributed by atoms with E-state index in [0.29, 0.717) is 6.42 Å². The third-order valence-corrected chi connectivity index (χ3v) is 3.56. The van der Waals surface area contributed by atoms with Crippen LogP contribution in [0.15, 0.2) is 0 Å². The Hall–Kier alpha value is -0.570. The maximum atomic E-state index is 11.2. The van der Waals surface area contributed by atoms with Crippen LogP contribution in [-0.4, -0.2) is 21.8 Å². The maximum Gasteiger partial charge on any atom is 0.335 e. The standard InChI is InChI=1S/C12H22O3/c1-2-3-9-12(15,11(13)14)10-7-5-4-6-8-10/h10,15H,2-9H2,1H3,(H,13,14). The van der Waals surface area contributed by atoms with Gasteiger partial charge in [0.25, 0.3) is 0 Å². The van der Waals surface area contributed by atoms with Gasteiger partial charge in [-0.2, -0.15) is 0 Å². The topological polar surface area (TPSA) is 57.5 Å². The molecule has 3 nitrogen and oxygen atoms in total. The molecule has 1 rings (SSSR count). The molecule has 0 aliphatic heterocycles. The number of carbonyl (C=O) groups is 1. The molecule has 1 atom stereocenters. The van der Waals surface area contributed by atoms with Crippen molar-refractivity contribution in [1.82, 2.24) is 0 Å². The van der Waals surface area contributed by atoms with Gasteiger partial charge in [-0.1, -0.05) is 39.0 Å². The summed E-state index contributed by atoms with van der Waals surface area (Å²) in [4.78, 5) is 11.2. The van der Waals surface area contributed by atoms with Crippen molar-refractivity contribution in [3.8, 4) is 0 Å². The van der Waals surface area contributed by atoms with Crippen LogP contribution in [0, 0.1) is 5.92 Å². The number of unbranched alkanes of at least 4 members (excludes halogenated alkanes) is 1.